The summed E-state index contributed by atoms with van der Waals surface area (Å²) < 4.78 is 12.6. The topological polar surface area (TPSA) is 60.5 Å². The van der Waals surface area contributed by atoms with Crippen molar-refractivity contribution >= 4 is 27.5 Å². The van der Waals surface area contributed by atoms with Crippen LogP contribution in [0.25, 0.3) is 10.2 Å². The zero-order chi connectivity index (χ0) is 16.6. The van der Waals surface area contributed by atoms with Gasteiger partial charge in [-0.05, 0) is 50.8 Å². The van der Waals surface area contributed by atoms with E-state index in [9.17, 15) is 4.79 Å². The van der Waals surface area contributed by atoms with Crippen molar-refractivity contribution in [2.75, 3.05) is 19.8 Å². The third-order valence-corrected chi connectivity index (χ3v) is 5.94. The van der Waals surface area contributed by atoms with E-state index < -0.39 is 0 Å². The summed E-state index contributed by atoms with van der Waals surface area (Å²) in [5.41, 5.74) is 1.48. The second kappa shape index (κ2) is 6.43. The third-order valence-electron chi connectivity index (χ3n) is 4.99. The first-order chi connectivity index (χ1) is 11.6. The van der Waals surface area contributed by atoms with Crippen LogP contribution < -0.4 is 5.32 Å². The normalized spacial score (nSPS) is 23.5. The summed E-state index contributed by atoms with van der Waals surface area (Å²) in [7, 11) is 0. The van der Waals surface area contributed by atoms with E-state index in [0.717, 1.165) is 54.1 Å². The lowest BCUT2D eigenvalue weighted by Gasteiger charge is -2.43. The number of fused-ring (bicyclic) bond motifs is 1. The average Bonchev–Trinajstić information content (AvgIpc) is 2.94. The Hall–Kier alpha value is -1.50. The van der Waals surface area contributed by atoms with Crippen LogP contribution in [0.1, 0.15) is 41.0 Å². The molecule has 0 bridgehead atoms. The van der Waals surface area contributed by atoms with Crippen molar-refractivity contribution in [3.05, 3.63) is 28.8 Å². The van der Waals surface area contributed by atoms with Crippen molar-refractivity contribution in [1.29, 1.82) is 0 Å². The molecule has 1 N–H and O–H groups in total. The van der Waals surface area contributed by atoms with Gasteiger partial charge in [-0.1, -0.05) is 0 Å². The molecule has 128 valence electrons. The van der Waals surface area contributed by atoms with Crippen LogP contribution in [0.15, 0.2) is 18.2 Å². The third kappa shape index (κ3) is 3.18. The standard InChI is InChI=1S/C18H22N2O3S/c1-12-19-15-10-13(2-3-16(15)24-12)17(21)20-14-4-7-23-18(11-14)5-8-22-9-6-18/h2-3,10,14H,4-9,11H2,1H3,(H,20,21). The van der Waals surface area contributed by atoms with Gasteiger partial charge in [0.05, 0.1) is 20.8 Å². The highest BCUT2D eigenvalue weighted by Gasteiger charge is 2.39. The number of hydrogen-bond donors (Lipinski definition) is 1. The minimum atomic E-state index is -0.107. The Morgan fingerprint density at radius 1 is 1.33 bits per heavy atom. The van der Waals surface area contributed by atoms with E-state index in [1.54, 1.807) is 11.3 Å². The molecule has 24 heavy (non-hydrogen) atoms. The molecular weight excluding hydrogens is 324 g/mol. The van der Waals surface area contributed by atoms with Gasteiger partial charge in [-0.15, -0.1) is 11.3 Å². The maximum Gasteiger partial charge on any atom is 0.251 e. The lowest BCUT2D eigenvalue weighted by atomic mass is 9.84. The number of nitrogens with one attached hydrogen (secondary N) is 1. The fourth-order valence-corrected chi connectivity index (χ4v) is 4.50. The maximum atomic E-state index is 12.6. The van der Waals surface area contributed by atoms with E-state index in [4.69, 9.17) is 9.47 Å². The second-order valence-electron chi connectivity index (χ2n) is 6.72. The van der Waals surface area contributed by atoms with Crippen LogP contribution in [0.3, 0.4) is 0 Å². The van der Waals surface area contributed by atoms with E-state index in [1.807, 2.05) is 25.1 Å². The van der Waals surface area contributed by atoms with Crippen LogP contribution in [0.5, 0.6) is 0 Å². The molecule has 1 amide bonds. The number of benzene rings is 1. The quantitative estimate of drug-likeness (QED) is 0.908. The summed E-state index contributed by atoms with van der Waals surface area (Å²) in [6.45, 7) is 4.19. The summed E-state index contributed by atoms with van der Waals surface area (Å²) in [5.74, 6) is -0.0170. The number of aryl methyl sites for hydroxylation is 1. The van der Waals surface area contributed by atoms with E-state index >= 15 is 0 Å². The van der Waals surface area contributed by atoms with Crippen molar-refractivity contribution in [3.8, 4) is 0 Å². The van der Waals surface area contributed by atoms with Gasteiger partial charge >= 0.3 is 0 Å². The predicted molar refractivity (Wildman–Crippen MR) is 93.6 cm³/mol. The Bertz CT molecular complexity index is 746. The largest absolute Gasteiger partial charge is 0.381 e. The molecule has 0 radical (unpaired) electrons. The number of rotatable bonds is 2. The molecule has 1 unspecified atom stereocenters. The smallest absolute Gasteiger partial charge is 0.251 e. The molecule has 2 aromatic rings. The first-order valence-electron chi connectivity index (χ1n) is 8.53. The number of nitrogens with zero attached hydrogens (tertiary/aromatic N) is 1. The Morgan fingerprint density at radius 3 is 3.00 bits per heavy atom. The zero-order valence-corrected chi connectivity index (χ0v) is 14.7. The minimum absolute atomic E-state index is 0.0170. The van der Waals surface area contributed by atoms with Crippen molar-refractivity contribution < 1.29 is 14.3 Å². The van der Waals surface area contributed by atoms with Gasteiger partial charge < -0.3 is 14.8 Å². The van der Waals surface area contributed by atoms with Gasteiger partial charge in [0.15, 0.2) is 0 Å². The van der Waals surface area contributed by atoms with E-state index in [1.165, 1.54) is 0 Å². The van der Waals surface area contributed by atoms with Crippen LogP contribution in [-0.4, -0.2) is 42.4 Å². The van der Waals surface area contributed by atoms with Gasteiger partial charge in [0.1, 0.15) is 0 Å². The fraction of sp³-hybridized carbons (Fsp3) is 0.556. The van der Waals surface area contributed by atoms with E-state index in [2.05, 4.69) is 10.3 Å². The highest BCUT2D eigenvalue weighted by Crippen LogP contribution is 2.34. The molecule has 2 fully saturated rings. The molecule has 4 rings (SSSR count). The van der Waals surface area contributed by atoms with E-state index in [0.29, 0.717) is 12.2 Å². The number of ether oxygens (including phenoxy) is 2. The average molecular weight is 346 g/mol. The predicted octanol–water partition coefficient (Wildman–Crippen LogP) is 3.06. The highest BCUT2D eigenvalue weighted by atomic mass is 32.1. The summed E-state index contributed by atoms with van der Waals surface area (Å²) in [4.78, 5) is 17.1. The summed E-state index contributed by atoms with van der Waals surface area (Å²) in [6, 6.07) is 5.92. The van der Waals surface area contributed by atoms with Crippen molar-refractivity contribution in [3.63, 3.8) is 0 Å². The van der Waals surface area contributed by atoms with Gasteiger partial charge in [-0.25, -0.2) is 4.98 Å². The Morgan fingerprint density at radius 2 is 2.17 bits per heavy atom. The number of aromatic nitrogens is 1. The number of hydrogen-bond acceptors (Lipinski definition) is 5. The van der Waals surface area contributed by atoms with Crippen LogP contribution in [0.4, 0.5) is 0 Å². The second-order valence-corrected chi connectivity index (χ2v) is 7.96. The van der Waals surface area contributed by atoms with Gasteiger partial charge in [-0.3, -0.25) is 4.79 Å². The Labute approximate surface area is 145 Å². The Balaban J connectivity index is 1.46. The summed E-state index contributed by atoms with van der Waals surface area (Å²) in [6.07, 6.45) is 3.58. The van der Waals surface area contributed by atoms with Crippen LogP contribution >= 0.6 is 11.3 Å². The van der Waals surface area contributed by atoms with Gasteiger partial charge in [0.2, 0.25) is 0 Å². The molecule has 1 spiro atoms. The molecule has 2 aliphatic heterocycles. The van der Waals surface area contributed by atoms with Crippen molar-refractivity contribution in [2.24, 2.45) is 0 Å². The summed E-state index contributed by atoms with van der Waals surface area (Å²) in [5, 5.41) is 4.22. The van der Waals surface area contributed by atoms with Crippen molar-refractivity contribution in [1.82, 2.24) is 10.3 Å². The minimum Gasteiger partial charge on any atom is -0.381 e. The highest BCUT2D eigenvalue weighted by molar-refractivity contribution is 7.18. The van der Waals surface area contributed by atoms with Gasteiger partial charge in [0, 0.05) is 31.4 Å². The van der Waals surface area contributed by atoms with Crippen LogP contribution in [-0.2, 0) is 9.47 Å². The first-order valence-corrected chi connectivity index (χ1v) is 9.35. The molecule has 0 saturated carbocycles. The number of amides is 1. The number of carbonyl (C=O) groups is 1. The monoisotopic (exact) mass is 346 g/mol. The SMILES string of the molecule is Cc1nc2cc(C(=O)NC3CCOC4(CCOCC4)C3)ccc2s1. The van der Waals surface area contributed by atoms with Crippen molar-refractivity contribution in [2.45, 2.75) is 44.2 Å². The molecule has 0 aliphatic carbocycles. The lowest BCUT2D eigenvalue weighted by Crippen LogP contribution is -2.51. The molecule has 2 saturated heterocycles. The Kier molecular flexibility index (Phi) is 4.28. The number of thiazole rings is 1. The van der Waals surface area contributed by atoms with Crippen LogP contribution in [0.2, 0.25) is 0 Å². The maximum absolute atomic E-state index is 12.6. The summed E-state index contributed by atoms with van der Waals surface area (Å²) >= 11 is 1.65. The molecule has 5 nitrogen and oxygen atoms in total. The van der Waals surface area contributed by atoms with Gasteiger partial charge in [0.25, 0.3) is 5.91 Å². The van der Waals surface area contributed by atoms with Gasteiger partial charge in [-0.2, -0.15) is 0 Å². The molecule has 1 atom stereocenters. The lowest BCUT2D eigenvalue weighted by molar-refractivity contribution is -0.139. The first kappa shape index (κ1) is 16.0. The van der Waals surface area contributed by atoms with Crippen LogP contribution in [0, 0.1) is 6.92 Å². The van der Waals surface area contributed by atoms with E-state index in [-0.39, 0.29) is 17.6 Å². The fourth-order valence-electron chi connectivity index (χ4n) is 3.70. The number of carbonyl (C=O) groups excluding carboxylic acids is 1. The molecule has 6 heteroatoms. The molecule has 1 aromatic carbocycles. The molecule has 2 aliphatic rings. The molecule has 3 heterocycles. The zero-order valence-electron chi connectivity index (χ0n) is 13.8. The molecular formula is C18H22N2O3S. The molecule has 1 aromatic heterocycles.